The Morgan fingerprint density at radius 2 is 1.49 bits per heavy atom. The van der Waals surface area contributed by atoms with Crippen molar-refractivity contribution in [1.82, 2.24) is 5.43 Å². The molecule has 7 nitrogen and oxygen atoms in total. The van der Waals surface area contributed by atoms with Crippen molar-refractivity contribution < 1.29 is 17.9 Å². The molecule has 0 saturated heterocycles. The van der Waals surface area contributed by atoms with Crippen LogP contribution in [0.5, 0.6) is 5.75 Å². The fraction of sp³-hybridized carbons (Fsp3) is 0.161. The highest BCUT2D eigenvalue weighted by atomic mass is 32.2. The van der Waals surface area contributed by atoms with Crippen molar-refractivity contribution >= 4 is 27.8 Å². The van der Waals surface area contributed by atoms with Crippen molar-refractivity contribution in [2.45, 2.75) is 25.3 Å². The van der Waals surface area contributed by atoms with Gasteiger partial charge in [-0.3, -0.25) is 9.10 Å². The molecule has 0 radical (unpaired) electrons. The Morgan fingerprint density at radius 1 is 0.872 bits per heavy atom. The summed E-state index contributed by atoms with van der Waals surface area (Å²) in [6, 6.07) is 31.4. The lowest BCUT2D eigenvalue weighted by atomic mass is 10.1. The Balaban J connectivity index is 1.58. The average Bonchev–Trinajstić information content (AvgIpc) is 2.96. The number of hydrogen-bond donors (Lipinski definition) is 1. The molecule has 0 saturated carbocycles. The van der Waals surface area contributed by atoms with Crippen molar-refractivity contribution in [1.29, 1.82) is 0 Å². The Hall–Kier alpha value is -4.43. The van der Waals surface area contributed by atoms with Gasteiger partial charge in [-0.25, -0.2) is 13.8 Å². The fourth-order valence-electron chi connectivity index (χ4n) is 3.79. The molecule has 0 aliphatic heterocycles. The first kappa shape index (κ1) is 27.6. The molecule has 39 heavy (non-hydrogen) atoms. The summed E-state index contributed by atoms with van der Waals surface area (Å²) in [7, 11) is -3.98. The molecule has 0 fully saturated rings. The van der Waals surface area contributed by atoms with Crippen LogP contribution in [-0.4, -0.2) is 27.1 Å². The number of anilines is 1. The molecule has 4 rings (SSSR count). The van der Waals surface area contributed by atoms with Crippen LogP contribution in [0.15, 0.2) is 119 Å². The van der Waals surface area contributed by atoms with Crippen molar-refractivity contribution in [3.8, 4) is 5.75 Å². The van der Waals surface area contributed by atoms with Gasteiger partial charge in [-0.05, 0) is 65.6 Å². The van der Waals surface area contributed by atoms with Gasteiger partial charge in [0.15, 0.2) is 0 Å². The van der Waals surface area contributed by atoms with Crippen LogP contribution in [0, 0.1) is 5.92 Å². The fourth-order valence-corrected chi connectivity index (χ4v) is 5.28. The third kappa shape index (κ3) is 7.33. The Kier molecular flexibility index (Phi) is 9.12. The third-order valence-corrected chi connectivity index (χ3v) is 7.53. The zero-order chi connectivity index (χ0) is 27.7. The summed E-state index contributed by atoms with van der Waals surface area (Å²) in [5, 5.41) is 4.09. The summed E-state index contributed by atoms with van der Waals surface area (Å²) in [6.45, 7) is 4.85. The Morgan fingerprint density at radius 3 is 2.15 bits per heavy atom. The van der Waals surface area contributed by atoms with Gasteiger partial charge in [0, 0.05) is 0 Å². The first-order valence-corrected chi connectivity index (χ1v) is 14.1. The summed E-state index contributed by atoms with van der Waals surface area (Å²) in [4.78, 5) is 13.3. The topological polar surface area (TPSA) is 88.1 Å². The summed E-state index contributed by atoms with van der Waals surface area (Å²) in [5.74, 6) is 0.660. The minimum absolute atomic E-state index is 0.0524. The van der Waals surface area contributed by atoms with Gasteiger partial charge < -0.3 is 4.74 Å². The third-order valence-electron chi connectivity index (χ3n) is 5.76. The van der Waals surface area contributed by atoms with Crippen LogP contribution in [0.1, 0.15) is 35.3 Å². The maximum absolute atomic E-state index is 13.8. The quantitative estimate of drug-likeness (QED) is 0.190. The van der Waals surface area contributed by atoms with Crippen LogP contribution >= 0.6 is 0 Å². The maximum atomic E-state index is 13.8. The number of carbonyl (C=O) groups is 1. The second-order valence-electron chi connectivity index (χ2n) is 9.30. The number of benzene rings is 4. The van der Waals surface area contributed by atoms with E-state index in [0.717, 1.165) is 16.9 Å². The molecule has 0 aliphatic carbocycles. The number of rotatable bonds is 11. The average molecular weight is 542 g/mol. The van der Waals surface area contributed by atoms with Crippen molar-refractivity contribution in [3.63, 3.8) is 0 Å². The molecule has 4 aromatic carbocycles. The van der Waals surface area contributed by atoms with E-state index in [1.54, 1.807) is 54.6 Å². The van der Waals surface area contributed by atoms with Gasteiger partial charge >= 0.3 is 0 Å². The maximum Gasteiger partial charge on any atom is 0.273 e. The molecule has 8 heteroatoms. The number of amides is 1. The van der Waals surface area contributed by atoms with Crippen molar-refractivity contribution in [3.05, 3.63) is 126 Å². The Bertz CT molecular complexity index is 1500. The van der Waals surface area contributed by atoms with Crippen LogP contribution in [0.25, 0.3) is 0 Å². The lowest BCUT2D eigenvalue weighted by molar-refractivity contribution is 0.0955. The summed E-state index contributed by atoms with van der Waals surface area (Å²) in [5.41, 5.74) is 4.53. The molecule has 1 N–H and O–H groups in total. The lowest BCUT2D eigenvalue weighted by Gasteiger charge is -2.26. The molecule has 0 aromatic heterocycles. The summed E-state index contributed by atoms with van der Waals surface area (Å²) >= 11 is 0. The van der Waals surface area contributed by atoms with Crippen LogP contribution in [-0.2, 0) is 16.6 Å². The van der Waals surface area contributed by atoms with E-state index in [4.69, 9.17) is 4.74 Å². The SMILES string of the molecule is CC(C)COc1ccc(/C=N\NC(=O)c2ccccc2N(Cc2ccccc2)S(=O)(=O)c2ccccc2)cc1. The number of hydrazone groups is 1. The normalized spacial score (nSPS) is 11.5. The predicted molar refractivity (Wildman–Crippen MR) is 155 cm³/mol. The largest absolute Gasteiger partial charge is 0.493 e. The van der Waals surface area contributed by atoms with Gasteiger partial charge in [-0.1, -0.05) is 74.5 Å². The second kappa shape index (κ2) is 12.9. The van der Waals surface area contributed by atoms with Gasteiger partial charge in [0.25, 0.3) is 15.9 Å². The van der Waals surface area contributed by atoms with Crippen LogP contribution in [0.3, 0.4) is 0 Å². The first-order valence-electron chi connectivity index (χ1n) is 12.6. The van der Waals surface area contributed by atoms with Gasteiger partial charge in [-0.15, -0.1) is 0 Å². The van der Waals surface area contributed by atoms with Crippen molar-refractivity contribution in [2.75, 3.05) is 10.9 Å². The van der Waals surface area contributed by atoms with Crippen LogP contribution < -0.4 is 14.5 Å². The zero-order valence-corrected chi connectivity index (χ0v) is 22.7. The van der Waals surface area contributed by atoms with Crippen LogP contribution in [0.2, 0.25) is 0 Å². The predicted octanol–water partition coefficient (Wildman–Crippen LogP) is 5.88. The van der Waals surface area contributed by atoms with E-state index < -0.39 is 15.9 Å². The number of sulfonamides is 1. The minimum atomic E-state index is -3.98. The molecular weight excluding hydrogens is 510 g/mol. The Labute approximate surface area is 229 Å². The number of hydrogen-bond acceptors (Lipinski definition) is 5. The molecule has 4 aromatic rings. The molecule has 1 amide bonds. The summed E-state index contributed by atoms with van der Waals surface area (Å²) < 4.78 is 34.5. The van der Waals surface area contributed by atoms with Gasteiger partial charge in [0.2, 0.25) is 0 Å². The molecule has 0 spiro atoms. The lowest BCUT2D eigenvalue weighted by Crippen LogP contribution is -2.33. The number of para-hydroxylation sites is 1. The summed E-state index contributed by atoms with van der Waals surface area (Å²) in [6.07, 6.45) is 1.52. The molecule has 0 heterocycles. The number of nitrogens with zero attached hydrogens (tertiary/aromatic N) is 2. The van der Waals surface area contributed by atoms with Crippen LogP contribution in [0.4, 0.5) is 5.69 Å². The van der Waals surface area contributed by atoms with E-state index in [1.807, 2.05) is 54.6 Å². The van der Waals surface area contributed by atoms with Crippen molar-refractivity contribution in [2.24, 2.45) is 11.0 Å². The highest BCUT2D eigenvalue weighted by Gasteiger charge is 2.28. The van der Waals surface area contributed by atoms with E-state index in [-0.39, 0.29) is 22.7 Å². The molecule has 200 valence electrons. The zero-order valence-electron chi connectivity index (χ0n) is 21.9. The number of carbonyl (C=O) groups excluding carboxylic acids is 1. The van der Waals surface area contributed by atoms with E-state index in [1.165, 1.54) is 10.5 Å². The highest BCUT2D eigenvalue weighted by molar-refractivity contribution is 7.92. The smallest absolute Gasteiger partial charge is 0.273 e. The molecule has 0 atom stereocenters. The first-order chi connectivity index (χ1) is 18.8. The van der Waals surface area contributed by atoms with E-state index >= 15 is 0 Å². The van der Waals surface area contributed by atoms with Gasteiger partial charge in [0.05, 0.1) is 35.5 Å². The minimum Gasteiger partial charge on any atom is -0.493 e. The monoisotopic (exact) mass is 541 g/mol. The second-order valence-corrected chi connectivity index (χ2v) is 11.2. The number of ether oxygens (including phenoxy) is 1. The van der Waals surface area contributed by atoms with E-state index in [0.29, 0.717) is 12.5 Å². The van der Waals surface area contributed by atoms with Gasteiger partial charge in [0.1, 0.15) is 5.75 Å². The molecule has 0 aliphatic rings. The highest BCUT2D eigenvalue weighted by Crippen LogP contribution is 2.29. The molecule has 0 unspecified atom stereocenters. The standard InChI is InChI=1S/C31H31N3O4S/c1-24(2)23-38-27-19-17-25(18-20-27)21-32-33-31(35)29-15-9-10-16-30(29)34(22-26-11-5-3-6-12-26)39(36,37)28-13-7-4-8-14-28/h3-21,24H,22-23H2,1-2H3,(H,33,35)/b32-21-. The van der Waals surface area contributed by atoms with Gasteiger partial charge in [-0.2, -0.15) is 5.10 Å². The molecular formula is C31H31N3O4S. The number of nitrogens with one attached hydrogen (secondary N) is 1. The van der Waals surface area contributed by atoms with E-state index in [9.17, 15) is 13.2 Å². The molecule has 0 bridgehead atoms. The van der Waals surface area contributed by atoms with E-state index in [2.05, 4.69) is 24.4 Å².